The normalized spacial score (nSPS) is 14.4. The highest BCUT2D eigenvalue weighted by molar-refractivity contribution is 5.76. The Labute approximate surface area is 192 Å². The Morgan fingerprint density at radius 3 is 2.03 bits per heavy atom. The van der Waals surface area contributed by atoms with Gasteiger partial charge in [0.15, 0.2) is 5.76 Å². The molecule has 1 fully saturated rings. The third-order valence-electron chi connectivity index (χ3n) is 5.91. The van der Waals surface area contributed by atoms with Crippen molar-refractivity contribution in [1.82, 2.24) is 9.88 Å². The third-order valence-corrected chi connectivity index (χ3v) is 5.91. The lowest BCUT2D eigenvalue weighted by Crippen LogP contribution is -2.46. The zero-order valence-electron chi connectivity index (χ0n) is 18.1. The standard InChI is InChI=1S/C26H24N4O3/c31-30(32)23-13-11-22(12-14-23)29-17-15-28(16-18-29)19-24-27-25(20-7-3-1-4-8-20)26(33-24)21-9-5-2-6-10-21/h1-14H,15-19H2. The van der Waals surface area contributed by atoms with Crippen LogP contribution in [0.15, 0.2) is 89.3 Å². The molecule has 0 saturated carbocycles. The number of benzene rings is 3. The highest BCUT2D eigenvalue weighted by Gasteiger charge is 2.22. The van der Waals surface area contributed by atoms with Gasteiger partial charge in [0.2, 0.25) is 5.89 Å². The van der Waals surface area contributed by atoms with E-state index in [4.69, 9.17) is 9.40 Å². The summed E-state index contributed by atoms with van der Waals surface area (Å²) in [5, 5.41) is 10.9. The molecular weight excluding hydrogens is 416 g/mol. The number of non-ortho nitro benzene ring substituents is 1. The predicted molar refractivity (Wildman–Crippen MR) is 128 cm³/mol. The van der Waals surface area contributed by atoms with E-state index in [2.05, 4.69) is 21.9 Å². The van der Waals surface area contributed by atoms with E-state index in [0.29, 0.717) is 12.4 Å². The van der Waals surface area contributed by atoms with Crippen molar-refractivity contribution >= 4 is 11.4 Å². The van der Waals surface area contributed by atoms with Gasteiger partial charge in [-0.1, -0.05) is 60.7 Å². The number of rotatable bonds is 6. The van der Waals surface area contributed by atoms with Crippen LogP contribution in [0.1, 0.15) is 5.89 Å². The second-order valence-corrected chi connectivity index (χ2v) is 8.05. The van der Waals surface area contributed by atoms with Crippen molar-refractivity contribution in [2.24, 2.45) is 0 Å². The third kappa shape index (κ3) is 4.63. The first-order valence-electron chi connectivity index (χ1n) is 11.0. The maximum Gasteiger partial charge on any atom is 0.269 e. The summed E-state index contributed by atoms with van der Waals surface area (Å²) in [7, 11) is 0. The minimum absolute atomic E-state index is 0.115. The van der Waals surface area contributed by atoms with Crippen molar-refractivity contribution in [2.45, 2.75) is 6.54 Å². The minimum Gasteiger partial charge on any atom is -0.439 e. The fraction of sp³-hybridized carbons (Fsp3) is 0.192. The van der Waals surface area contributed by atoms with E-state index >= 15 is 0 Å². The topological polar surface area (TPSA) is 75.7 Å². The molecule has 0 spiro atoms. The second-order valence-electron chi connectivity index (χ2n) is 8.05. The van der Waals surface area contributed by atoms with Crippen molar-refractivity contribution < 1.29 is 9.34 Å². The smallest absolute Gasteiger partial charge is 0.269 e. The fourth-order valence-corrected chi connectivity index (χ4v) is 4.15. The van der Waals surface area contributed by atoms with E-state index in [0.717, 1.165) is 54.4 Å². The number of aromatic nitrogens is 1. The van der Waals surface area contributed by atoms with Crippen LogP contribution in [0.5, 0.6) is 0 Å². The van der Waals surface area contributed by atoms with Crippen LogP contribution in [0.3, 0.4) is 0 Å². The molecule has 1 aliphatic heterocycles. The summed E-state index contributed by atoms with van der Waals surface area (Å²) in [6.07, 6.45) is 0. The predicted octanol–water partition coefficient (Wildman–Crippen LogP) is 5.24. The molecule has 0 N–H and O–H groups in total. The van der Waals surface area contributed by atoms with Crippen LogP contribution < -0.4 is 4.90 Å². The molecule has 166 valence electrons. The van der Waals surface area contributed by atoms with Crippen LogP contribution in [0.25, 0.3) is 22.6 Å². The Balaban J connectivity index is 1.30. The summed E-state index contributed by atoms with van der Waals surface area (Å²) in [5.74, 6) is 1.50. The Morgan fingerprint density at radius 1 is 0.818 bits per heavy atom. The lowest BCUT2D eigenvalue weighted by molar-refractivity contribution is -0.384. The molecule has 7 nitrogen and oxygen atoms in total. The molecule has 0 atom stereocenters. The van der Waals surface area contributed by atoms with E-state index in [1.54, 1.807) is 12.1 Å². The number of nitro groups is 1. The molecule has 0 bridgehead atoms. The van der Waals surface area contributed by atoms with E-state index in [-0.39, 0.29) is 10.6 Å². The van der Waals surface area contributed by atoms with Gasteiger partial charge in [-0.15, -0.1) is 0 Å². The molecule has 1 aromatic heterocycles. The summed E-state index contributed by atoms with van der Waals surface area (Å²) in [6, 6.07) is 27.0. The Kier molecular flexibility index (Phi) is 5.87. The molecule has 2 heterocycles. The number of hydrogen-bond donors (Lipinski definition) is 0. The number of oxazole rings is 1. The van der Waals surface area contributed by atoms with Crippen LogP contribution in [0, 0.1) is 10.1 Å². The number of hydrogen-bond acceptors (Lipinski definition) is 6. The van der Waals surface area contributed by atoms with Crippen LogP contribution in [-0.2, 0) is 6.54 Å². The molecule has 0 radical (unpaired) electrons. The number of piperazine rings is 1. The molecule has 1 saturated heterocycles. The first-order chi connectivity index (χ1) is 16.2. The molecule has 33 heavy (non-hydrogen) atoms. The van der Waals surface area contributed by atoms with Gasteiger partial charge in [0.1, 0.15) is 5.69 Å². The van der Waals surface area contributed by atoms with Gasteiger partial charge in [-0.25, -0.2) is 4.98 Å². The molecule has 5 rings (SSSR count). The summed E-state index contributed by atoms with van der Waals surface area (Å²) in [4.78, 5) is 20.0. The molecule has 3 aromatic carbocycles. The van der Waals surface area contributed by atoms with Gasteiger partial charge in [0, 0.05) is 55.1 Å². The van der Waals surface area contributed by atoms with Gasteiger partial charge < -0.3 is 9.32 Å². The largest absolute Gasteiger partial charge is 0.439 e. The number of anilines is 1. The lowest BCUT2D eigenvalue weighted by Gasteiger charge is -2.35. The van der Waals surface area contributed by atoms with Crippen molar-refractivity contribution in [3.05, 3.63) is 101 Å². The second kappa shape index (κ2) is 9.26. The molecular formula is C26H24N4O3. The minimum atomic E-state index is -0.370. The summed E-state index contributed by atoms with van der Waals surface area (Å²) in [5.41, 5.74) is 4.03. The van der Waals surface area contributed by atoms with Gasteiger partial charge in [0.25, 0.3) is 5.69 Å². The quantitative estimate of drug-likeness (QED) is 0.302. The molecule has 1 aliphatic rings. The zero-order chi connectivity index (χ0) is 22.6. The van der Waals surface area contributed by atoms with E-state index in [1.165, 1.54) is 0 Å². The molecule has 0 aliphatic carbocycles. The monoisotopic (exact) mass is 440 g/mol. The first kappa shape index (κ1) is 20.9. The van der Waals surface area contributed by atoms with Crippen molar-refractivity contribution in [3.8, 4) is 22.6 Å². The van der Waals surface area contributed by atoms with Crippen LogP contribution in [0.4, 0.5) is 11.4 Å². The average Bonchev–Trinajstić information content (AvgIpc) is 3.29. The maximum atomic E-state index is 10.9. The summed E-state index contributed by atoms with van der Waals surface area (Å²) < 4.78 is 6.27. The van der Waals surface area contributed by atoms with Gasteiger partial charge in [-0.05, 0) is 12.1 Å². The molecule has 0 unspecified atom stereocenters. The highest BCUT2D eigenvalue weighted by Crippen LogP contribution is 2.33. The van der Waals surface area contributed by atoms with Gasteiger partial charge >= 0.3 is 0 Å². The Bertz CT molecular complexity index is 1160. The average molecular weight is 441 g/mol. The lowest BCUT2D eigenvalue weighted by atomic mass is 10.1. The van der Waals surface area contributed by atoms with Crippen LogP contribution in [0.2, 0.25) is 0 Å². The summed E-state index contributed by atoms with van der Waals surface area (Å²) in [6.45, 7) is 4.05. The van der Waals surface area contributed by atoms with Gasteiger partial charge in [0.05, 0.1) is 11.5 Å². The number of nitro benzene ring substituents is 1. The molecule has 0 amide bonds. The summed E-state index contributed by atoms with van der Waals surface area (Å²) >= 11 is 0. The maximum absolute atomic E-state index is 10.9. The Morgan fingerprint density at radius 2 is 1.42 bits per heavy atom. The van der Waals surface area contributed by atoms with E-state index < -0.39 is 0 Å². The van der Waals surface area contributed by atoms with Crippen molar-refractivity contribution in [2.75, 3.05) is 31.1 Å². The van der Waals surface area contributed by atoms with Crippen LogP contribution in [-0.4, -0.2) is 41.0 Å². The van der Waals surface area contributed by atoms with Crippen molar-refractivity contribution in [3.63, 3.8) is 0 Å². The Hall–Kier alpha value is -3.97. The van der Waals surface area contributed by atoms with Gasteiger partial charge in [-0.3, -0.25) is 15.0 Å². The van der Waals surface area contributed by atoms with Crippen LogP contribution >= 0.6 is 0 Å². The molecule has 7 heteroatoms. The highest BCUT2D eigenvalue weighted by atomic mass is 16.6. The molecule has 4 aromatic rings. The van der Waals surface area contributed by atoms with Crippen molar-refractivity contribution in [1.29, 1.82) is 0 Å². The van der Waals surface area contributed by atoms with Gasteiger partial charge in [-0.2, -0.15) is 0 Å². The zero-order valence-corrected chi connectivity index (χ0v) is 18.1. The van der Waals surface area contributed by atoms with E-state index in [1.807, 2.05) is 60.7 Å². The number of nitrogens with zero attached hydrogens (tertiary/aromatic N) is 4. The fourth-order valence-electron chi connectivity index (χ4n) is 4.15. The van der Waals surface area contributed by atoms with E-state index in [9.17, 15) is 10.1 Å². The first-order valence-corrected chi connectivity index (χ1v) is 11.0. The SMILES string of the molecule is O=[N+]([O-])c1ccc(N2CCN(Cc3nc(-c4ccccc4)c(-c4ccccc4)o3)CC2)cc1.